The lowest BCUT2D eigenvalue weighted by Crippen LogP contribution is -2.53. The molecule has 0 unspecified atom stereocenters. The molecule has 30 heavy (non-hydrogen) atoms. The van der Waals surface area contributed by atoms with E-state index in [2.05, 4.69) is 27.3 Å². The van der Waals surface area contributed by atoms with Crippen molar-refractivity contribution in [1.29, 1.82) is 0 Å². The van der Waals surface area contributed by atoms with E-state index in [-0.39, 0.29) is 22.9 Å². The number of piperazine rings is 1. The normalized spacial score (nSPS) is 16.3. The number of nitrogens with one attached hydrogen (secondary N) is 1. The smallest absolute Gasteiger partial charge is 0.301 e. The molecule has 1 fully saturated rings. The molecule has 1 aromatic heterocycles. The Bertz CT molecular complexity index is 903. The molecule has 0 atom stereocenters. The first-order chi connectivity index (χ1) is 14.3. The van der Waals surface area contributed by atoms with Crippen LogP contribution in [0.15, 0.2) is 30.6 Å². The second-order valence-corrected chi connectivity index (χ2v) is 6.81. The summed E-state index contributed by atoms with van der Waals surface area (Å²) in [5.74, 6) is -0.354. The Morgan fingerprint density at radius 2 is 1.93 bits per heavy atom. The van der Waals surface area contributed by atoms with Crippen molar-refractivity contribution >= 4 is 12.1 Å². The number of hydrazine groups is 1. The predicted molar refractivity (Wildman–Crippen MR) is 102 cm³/mol. The number of benzene rings is 1. The van der Waals surface area contributed by atoms with Gasteiger partial charge < -0.3 is 4.90 Å². The average Bonchev–Trinajstić information content (AvgIpc) is 3.21. The number of halogens is 4. The van der Waals surface area contributed by atoms with E-state index in [1.807, 2.05) is 5.01 Å². The van der Waals surface area contributed by atoms with Crippen molar-refractivity contribution in [3.63, 3.8) is 0 Å². The van der Waals surface area contributed by atoms with Gasteiger partial charge in [-0.15, -0.1) is 5.10 Å². The third kappa shape index (κ3) is 5.63. The summed E-state index contributed by atoms with van der Waals surface area (Å²) < 4.78 is 53.2. The first-order valence-corrected chi connectivity index (χ1v) is 9.43. The first-order valence-electron chi connectivity index (χ1n) is 9.43. The van der Waals surface area contributed by atoms with Crippen molar-refractivity contribution in [2.75, 3.05) is 32.7 Å². The first kappa shape index (κ1) is 21.9. The highest BCUT2D eigenvalue weighted by Crippen LogP contribution is 2.32. The molecule has 1 amide bonds. The van der Waals surface area contributed by atoms with Gasteiger partial charge in [-0.25, -0.2) is 19.1 Å². The minimum atomic E-state index is -4.61. The Morgan fingerprint density at radius 1 is 1.20 bits per heavy atom. The van der Waals surface area contributed by atoms with Gasteiger partial charge in [0.2, 0.25) is 0 Å². The number of hydrogen-bond acceptors (Lipinski definition) is 5. The van der Waals surface area contributed by atoms with E-state index in [1.54, 1.807) is 0 Å². The van der Waals surface area contributed by atoms with Gasteiger partial charge in [-0.05, 0) is 30.3 Å². The van der Waals surface area contributed by atoms with Crippen molar-refractivity contribution < 1.29 is 22.4 Å². The molecule has 3 rings (SSSR count). The second-order valence-electron chi connectivity index (χ2n) is 6.81. The van der Waals surface area contributed by atoms with Crippen LogP contribution in [0.3, 0.4) is 0 Å². The lowest BCUT2D eigenvalue weighted by atomic mass is 10.1. The van der Waals surface area contributed by atoms with Crippen molar-refractivity contribution in [2.45, 2.75) is 19.8 Å². The molecule has 11 heteroatoms. The van der Waals surface area contributed by atoms with E-state index in [1.165, 1.54) is 29.4 Å². The monoisotopic (exact) mass is 426 g/mol. The fourth-order valence-electron chi connectivity index (χ4n) is 3.05. The molecule has 162 valence electrons. The number of aromatic nitrogens is 3. The summed E-state index contributed by atoms with van der Waals surface area (Å²) >= 11 is 0. The maximum atomic E-state index is 13.0. The van der Waals surface area contributed by atoms with Gasteiger partial charge in [0, 0.05) is 44.0 Å². The molecule has 0 spiro atoms. The maximum absolute atomic E-state index is 13.0. The fraction of sp³-hybridized carbons (Fsp3) is 0.421. The molecule has 1 N–H and O–H groups in total. The highest BCUT2D eigenvalue weighted by atomic mass is 19.4. The molecular weight excluding hydrogens is 404 g/mol. The SMILES string of the molecule is CCN1CCN(NC(=O)/C=C\n2cnc(-c3cc(CF)cc(C(F)(F)F)c3)n2)CC1. The Balaban J connectivity index is 1.66. The van der Waals surface area contributed by atoms with Crippen LogP contribution in [0, 0.1) is 0 Å². The molecule has 0 bridgehead atoms. The number of rotatable bonds is 6. The summed E-state index contributed by atoms with van der Waals surface area (Å²) in [5, 5.41) is 5.87. The van der Waals surface area contributed by atoms with E-state index in [4.69, 9.17) is 0 Å². The van der Waals surface area contributed by atoms with Gasteiger partial charge in [-0.3, -0.25) is 10.2 Å². The summed E-state index contributed by atoms with van der Waals surface area (Å²) in [6.45, 7) is 5.18. The van der Waals surface area contributed by atoms with E-state index in [9.17, 15) is 22.4 Å². The van der Waals surface area contributed by atoms with Crippen LogP contribution in [0.1, 0.15) is 18.1 Å². The zero-order valence-corrected chi connectivity index (χ0v) is 16.4. The number of carbonyl (C=O) groups is 1. The van der Waals surface area contributed by atoms with Crippen LogP contribution >= 0.6 is 0 Å². The molecular formula is C19H22F4N6O. The zero-order chi connectivity index (χ0) is 21.7. The van der Waals surface area contributed by atoms with E-state index < -0.39 is 18.4 Å². The highest BCUT2D eigenvalue weighted by Gasteiger charge is 2.31. The Kier molecular flexibility index (Phi) is 6.83. The summed E-state index contributed by atoms with van der Waals surface area (Å²) in [4.78, 5) is 18.3. The molecule has 0 aliphatic carbocycles. The third-order valence-electron chi connectivity index (χ3n) is 4.71. The van der Waals surface area contributed by atoms with Crippen LogP contribution in [0.2, 0.25) is 0 Å². The average molecular weight is 426 g/mol. The van der Waals surface area contributed by atoms with Gasteiger partial charge in [-0.2, -0.15) is 13.2 Å². The van der Waals surface area contributed by atoms with Crippen LogP contribution in [0.25, 0.3) is 17.6 Å². The third-order valence-corrected chi connectivity index (χ3v) is 4.71. The van der Waals surface area contributed by atoms with Crippen molar-refractivity contribution in [3.8, 4) is 11.4 Å². The quantitative estimate of drug-likeness (QED) is 0.568. The van der Waals surface area contributed by atoms with Gasteiger partial charge in [0.1, 0.15) is 13.0 Å². The second kappa shape index (κ2) is 9.35. The molecule has 2 aromatic rings. The molecule has 7 nitrogen and oxygen atoms in total. The number of amides is 1. The maximum Gasteiger partial charge on any atom is 0.416 e. The predicted octanol–water partition coefficient (Wildman–Crippen LogP) is 2.57. The minimum absolute atomic E-state index is 0.00320. The number of carbonyl (C=O) groups excluding carboxylic acids is 1. The Labute approximate surface area is 170 Å². The number of nitrogens with zero attached hydrogens (tertiary/aromatic N) is 5. The number of hydrogen-bond donors (Lipinski definition) is 1. The molecule has 1 aliphatic heterocycles. The topological polar surface area (TPSA) is 66.3 Å². The highest BCUT2D eigenvalue weighted by molar-refractivity contribution is 5.89. The Hall–Kier alpha value is -2.79. The van der Waals surface area contributed by atoms with Gasteiger partial charge in [0.25, 0.3) is 5.91 Å². The molecule has 1 aromatic carbocycles. The van der Waals surface area contributed by atoms with Gasteiger partial charge in [0.15, 0.2) is 5.82 Å². The van der Waals surface area contributed by atoms with E-state index >= 15 is 0 Å². The van der Waals surface area contributed by atoms with Crippen LogP contribution in [0.4, 0.5) is 17.6 Å². The van der Waals surface area contributed by atoms with E-state index in [0.717, 1.165) is 31.8 Å². The molecule has 1 saturated heterocycles. The number of likely N-dealkylation sites (N-methyl/N-ethyl adjacent to an activating group) is 1. The molecule has 2 heterocycles. The molecule has 0 radical (unpaired) electrons. The summed E-state index contributed by atoms with van der Waals surface area (Å²) in [7, 11) is 0. The Morgan fingerprint density at radius 3 is 2.57 bits per heavy atom. The summed E-state index contributed by atoms with van der Waals surface area (Å²) in [5.41, 5.74) is 1.72. The zero-order valence-electron chi connectivity index (χ0n) is 16.4. The van der Waals surface area contributed by atoms with E-state index in [0.29, 0.717) is 13.1 Å². The molecule has 1 aliphatic rings. The standard InChI is InChI=1S/C19H22F4N6O/c1-2-27-5-7-28(8-6-27)25-17(30)3-4-29-13-24-18(26-29)15-9-14(12-20)10-16(11-15)19(21,22)23/h3-4,9-11,13H,2,5-8,12H2,1H3,(H,25,30)/b4-3-. The molecule has 0 saturated carbocycles. The lowest BCUT2D eigenvalue weighted by Gasteiger charge is -2.33. The minimum Gasteiger partial charge on any atom is -0.301 e. The van der Waals surface area contributed by atoms with Crippen molar-refractivity contribution in [1.82, 2.24) is 30.1 Å². The van der Waals surface area contributed by atoms with Gasteiger partial charge in [-0.1, -0.05) is 6.92 Å². The summed E-state index contributed by atoms with van der Waals surface area (Å²) in [6.07, 6.45) is -0.751. The fourth-order valence-corrected chi connectivity index (χ4v) is 3.05. The van der Waals surface area contributed by atoms with Crippen molar-refractivity contribution in [3.05, 3.63) is 41.7 Å². The van der Waals surface area contributed by atoms with Crippen molar-refractivity contribution in [2.24, 2.45) is 0 Å². The van der Waals surface area contributed by atoms with Crippen LogP contribution in [0.5, 0.6) is 0 Å². The van der Waals surface area contributed by atoms with Gasteiger partial charge >= 0.3 is 6.18 Å². The largest absolute Gasteiger partial charge is 0.416 e. The number of alkyl halides is 4. The summed E-state index contributed by atoms with van der Waals surface area (Å²) in [6, 6.07) is 2.89. The van der Waals surface area contributed by atoms with Crippen LogP contribution in [-0.4, -0.2) is 63.3 Å². The van der Waals surface area contributed by atoms with Crippen LogP contribution < -0.4 is 5.43 Å². The lowest BCUT2D eigenvalue weighted by molar-refractivity contribution is -0.137. The van der Waals surface area contributed by atoms with Gasteiger partial charge in [0.05, 0.1) is 5.56 Å². The van der Waals surface area contributed by atoms with Crippen LogP contribution in [-0.2, 0) is 17.6 Å².